The van der Waals surface area contributed by atoms with E-state index in [1.807, 2.05) is 31.2 Å². The zero-order chi connectivity index (χ0) is 18.8. The summed E-state index contributed by atoms with van der Waals surface area (Å²) in [6.07, 6.45) is 3.95. The van der Waals surface area contributed by atoms with Gasteiger partial charge in [-0.15, -0.1) is 10.2 Å². The molecule has 27 heavy (non-hydrogen) atoms. The minimum Gasteiger partial charge on any atom is -0.467 e. The number of aryl methyl sites for hydroxylation is 1. The van der Waals surface area contributed by atoms with Gasteiger partial charge in [-0.05, 0) is 44.0 Å². The molecule has 0 atom stereocenters. The normalized spacial score (nSPS) is 13.9. The van der Waals surface area contributed by atoms with Gasteiger partial charge in [-0.25, -0.2) is 0 Å². The van der Waals surface area contributed by atoms with E-state index in [1.165, 1.54) is 11.8 Å². The van der Waals surface area contributed by atoms with Crippen LogP contribution >= 0.6 is 11.8 Å². The van der Waals surface area contributed by atoms with Crippen LogP contribution in [0.1, 0.15) is 41.9 Å². The Kier molecular flexibility index (Phi) is 5.07. The first-order chi connectivity index (χ1) is 13.1. The highest BCUT2D eigenvalue weighted by Crippen LogP contribution is 2.40. The molecule has 0 spiro atoms. The molecule has 4 rings (SSSR count). The lowest BCUT2D eigenvalue weighted by Crippen LogP contribution is -2.27. The Labute approximate surface area is 161 Å². The molecular weight excluding hydrogens is 364 g/mol. The van der Waals surface area contributed by atoms with E-state index in [1.54, 1.807) is 18.2 Å². The summed E-state index contributed by atoms with van der Waals surface area (Å²) >= 11 is 1.41. The third-order valence-electron chi connectivity index (χ3n) is 4.52. The quantitative estimate of drug-likeness (QED) is 0.552. The molecule has 1 saturated carbocycles. The predicted octanol–water partition coefficient (Wildman–Crippen LogP) is 3.45. The van der Waals surface area contributed by atoms with Crippen molar-refractivity contribution in [2.24, 2.45) is 0 Å². The first-order valence-electron chi connectivity index (χ1n) is 8.97. The van der Waals surface area contributed by atoms with Crippen LogP contribution in [0, 0.1) is 6.92 Å². The highest BCUT2D eigenvalue weighted by molar-refractivity contribution is 7.99. The number of aromatic nitrogens is 3. The molecule has 1 aliphatic rings. The van der Waals surface area contributed by atoms with Crippen molar-refractivity contribution in [3.05, 3.63) is 53.6 Å². The number of furan rings is 2. The van der Waals surface area contributed by atoms with E-state index >= 15 is 0 Å². The van der Waals surface area contributed by atoms with Crippen molar-refractivity contribution >= 4 is 17.7 Å². The van der Waals surface area contributed by atoms with Gasteiger partial charge in [0, 0.05) is 13.0 Å². The molecule has 0 saturated heterocycles. The largest absolute Gasteiger partial charge is 0.467 e. The Morgan fingerprint density at radius 1 is 1.30 bits per heavy atom. The highest BCUT2D eigenvalue weighted by atomic mass is 32.2. The van der Waals surface area contributed by atoms with Gasteiger partial charge in [0.15, 0.2) is 5.16 Å². The molecule has 3 heterocycles. The molecule has 1 fully saturated rings. The Hall–Kier alpha value is -2.48. The summed E-state index contributed by atoms with van der Waals surface area (Å²) in [7, 11) is 1.78. The molecule has 0 aromatic carbocycles. The second-order valence-corrected chi connectivity index (χ2v) is 7.77. The lowest BCUT2D eigenvalue weighted by atomic mass is 10.3. The number of carbonyl (C=O) groups excluding carboxylic acids is 1. The molecule has 142 valence electrons. The summed E-state index contributed by atoms with van der Waals surface area (Å²) in [5.41, 5.74) is 0. The monoisotopic (exact) mass is 386 g/mol. The zero-order valence-corrected chi connectivity index (χ0v) is 16.2. The van der Waals surface area contributed by atoms with Gasteiger partial charge in [-0.1, -0.05) is 11.8 Å². The lowest BCUT2D eigenvalue weighted by molar-refractivity contribution is -0.127. The number of hydrogen-bond donors (Lipinski definition) is 0. The number of amides is 1. The summed E-state index contributed by atoms with van der Waals surface area (Å²) in [4.78, 5) is 14.2. The Morgan fingerprint density at radius 2 is 2.15 bits per heavy atom. The van der Waals surface area contributed by atoms with Crippen LogP contribution in [0.2, 0.25) is 0 Å². The molecule has 0 unspecified atom stereocenters. The topological polar surface area (TPSA) is 77.3 Å². The zero-order valence-electron chi connectivity index (χ0n) is 15.4. The maximum atomic E-state index is 12.5. The van der Waals surface area contributed by atoms with Crippen molar-refractivity contribution in [1.29, 1.82) is 0 Å². The molecular formula is C19H22N4O3S. The van der Waals surface area contributed by atoms with Gasteiger partial charge < -0.3 is 13.7 Å². The predicted molar refractivity (Wildman–Crippen MR) is 100 cm³/mol. The Morgan fingerprint density at radius 3 is 2.81 bits per heavy atom. The summed E-state index contributed by atoms with van der Waals surface area (Å²) in [6, 6.07) is 7.61. The highest BCUT2D eigenvalue weighted by Gasteiger charge is 2.31. The second-order valence-electron chi connectivity index (χ2n) is 6.83. The van der Waals surface area contributed by atoms with Crippen LogP contribution in [0.3, 0.4) is 0 Å². The van der Waals surface area contributed by atoms with Crippen molar-refractivity contribution in [3.63, 3.8) is 0 Å². The van der Waals surface area contributed by atoms with Crippen molar-refractivity contribution in [3.8, 4) is 0 Å². The van der Waals surface area contributed by atoms with Gasteiger partial charge in [0.1, 0.15) is 23.1 Å². The van der Waals surface area contributed by atoms with Gasteiger partial charge in [-0.2, -0.15) is 0 Å². The molecule has 1 aliphatic carbocycles. The number of rotatable bonds is 8. The molecule has 3 aromatic rings. The van der Waals surface area contributed by atoms with Crippen LogP contribution in [0.4, 0.5) is 0 Å². The van der Waals surface area contributed by atoms with E-state index in [4.69, 9.17) is 8.83 Å². The van der Waals surface area contributed by atoms with E-state index < -0.39 is 0 Å². The third-order valence-corrected chi connectivity index (χ3v) is 5.47. The second kappa shape index (κ2) is 7.64. The molecule has 7 nitrogen and oxygen atoms in total. The number of hydrogen-bond acceptors (Lipinski definition) is 6. The van der Waals surface area contributed by atoms with E-state index in [9.17, 15) is 4.79 Å². The molecule has 3 aromatic heterocycles. The van der Waals surface area contributed by atoms with Crippen LogP contribution in [-0.4, -0.2) is 38.4 Å². The van der Waals surface area contributed by atoms with E-state index in [-0.39, 0.29) is 5.91 Å². The SMILES string of the molecule is Cc1ccc(CN(C)C(=O)CSc2nnc(C3CC3)n2Cc2ccco2)o1. The standard InChI is InChI=1S/C19H22N4O3S/c1-13-5-8-16(26-13)10-22(2)17(24)12-27-19-21-20-18(14-6-7-14)23(19)11-15-4-3-9-25-15/h3-5,8-9,14H,6-7,10-12H2,1-2H3. The lowest BCUT2D eigenvalue weighted by Gasteiger charge is -2.15. The minimum atomic E-state index is 0.0228. The molecule has 0 radical (unpaired) electrons. The fourth-order valence-electron chi connectivity index (χ4n) is 2.89. The summed E-state index contributed by atoms with van der Waals surface area (Å²) in [6.45, 7) is 2.94. The van der Waals surface area contributed by atoms with Crippen molar-refractivity contribution in [1.82, 2.24) is 19.7 Å². The average Bonchev–Trinajstić information content (AvgIpc) is 3.03. The van der Waals surface area contributed by atoms with Crippen molar-refractivity contribution in [2.75, 3.05) is 12.8 Å². The average molecular weight is 386 g/mol. The van der Waals surface area contributed by atoms with Gasteiger partial charge in [-0.3, -0.25) is 9.36 Å². The van der Waals surface area contributed by atoms with Gasteiger partial charge in [0.25, 0.3) is 0 Å². The maximum Gasteiger partial charge on any atom is 0.233 e. The smallest absolute Gasteiger partial charge is 0.233 e. The Bertz CT molecular complexity index is 911. The number of nitrogens with zero attached hydrogens (tertiary/aromatic N) is 4. The van der Waals surface area contributed by atoms with Gasteiger partial charge in [0.2, 0.25) is 5.91 Å². The van der Waals surface area contributed by atoms with Crippen LogP contribution in [-0.2, 0) is 17.9 Å². The van der Waals surface area contributed by atoms with E-state index in [0.717, 1.165) is 41.1 Å². The van der Waals surface area contributed by atoms with E-state index in [2.05, 4.69) is 14.8 Å². The fraction of sp³-hybridized carbons (Fsp3) is 0.421. The van der Waals surface area contributed by atoms with Crippen molar-refractivity contribution < 1.29 is 13.6 Å². The van der Waals surface area contributed by atoms with Gasteiger partial charge >= 0.3 is 0 Å². The molecule has 0 aliphatic heterocycles. The molecule has 0 N–H and O–H groups in total. The third kappa shape index (κ3) is 4.27. The first kappa shape index (κ1) is 17.9. The summed E-state index contributed by atoms with van der Waals surface area (Å²) in [5, 5.41) is 9.44. The van der Waals surface area contributed by atoms with Gasteiger partial charge in [0.05, 0.1) is 25.1 Å². The van der Waals surface area contributed by atoms with Crippen molar-refractivity contribution in [2.45, 2.75) is 43.9 Å². The number of carbonyl (C=O) groups is 1. The first-order valence-corrected chi connectivity index (χ1v) is 9.96. The molecule has 0 bridgehead atoms. The minimum absolute atomic E-state index is 0.0228. The summed E-state index contributed by atoms with van der Waals surface area (Å²) < 4.78 is 13.1. The summed E-state index contributed by atoms with van der Waals surface area (Å²) in [5.74, 6) is 4.27. The molecule has 1 amide bonds. The number of thioether (sulfide) groups is 1. The maximum absolute atomic E-state index is 12.5. The van der Waals surface area contributed by atoms with Crippen LogP contribution < -0.4 is 0 Å². The van der Waals surface area contributed by atoms with Crippen LogP contribution in [0.5, 0.6) is 0 Å². The molecule has 8 heteroatoms. The fourth-order valence-corrected chi connectivity index (χ4v) is 3.77. The van der Waals surface area contributed by atoms with Crippen LogP contribution in [0.25, 0.3) is 0 Å². The van der Waals surface area contributed by atoms with E-state index in [0.29, 0.717) is 24.8 Å². The van der Waals surface area contributed by atoms with Crippen LogP contribution in [0.15, 0.2) is 44.5 Å². The Balaban J connectivity index is 1.40.